The molecule has 3 amide bonds. The van der Waals surface area contributed by atoms with Crippen LogP contribution in [0.4, 0.5) is 4.79 Å². The Morgan fingerprint density at radius 1 is 1.11 bits per heavy atom. The van der Waals surface area contributed by atoms with Crippen LogP contribution >= 0.6 is 50.9 Å². The summed E-state index contributed by atoms with van der Waals surface area (Å²) in [6.07, 6.45) is 4.58. The number of ether oxygens (including phenoxy) is 2. The number of carbonyl (C=O) groups is 3. The minimum atomic E-state index is -0.481. The molecule has 0 aliphatic carbocycles. The number of thioether (sulfide) groups is 1. The maximum atomic E-state index is 12.9. The molecule has 0 atom stereocenters. The molecule has 4 rings (SSSR count). The normalized spacial score (nSPS) is 17.2. The predicted octanol–water partition coefficient (Wildman–Crippen LogP) is 6.39. The number of hydrogen-bond donors (Lipinski definition) is 0. The summed E-state index contributed by atoms with van der Waals surface area (Å²) in [4.78, 5) is 41.0. The van der Waals surface area contributed by atoms with E-state index in [-0.39, 0.29) is 24.0 Å². The minimum Gasteiger partial charge on any atom is -0.493 e. The number of halogens is 3. The first kappa shape index (κ1) is 26.9. The smallest absolute Gasteiger partial charge is 0.294 e. The van der Waals surface area contributed by atoms with Crippen LogP contribution in [0.15, 0.2) is 39.7 Å². The SMILES string of the molecule is COc1cc(/C=C2\SC(=O)N(CC(=O)N3CCCCC3)C2=O)cc(Br)c1OCc1ccc(Cl)c(Cl)c1. The first-order valence-corrected chi connectivity index (χ1v) is 13.6. The summed E-state index contributed by atoms with van der Waals surface area (Å²) in [5.41, 5.74) is 1.46. The fourth-order valence-electron chi connectivity index (χ4n) is 3.91. The van der Waals surface area contributed by atoms with Gasteiger partial charge in [0.25, 0.3) is 11.1 Å². The van der Waals surface area contributed by atoms with Crippen LogP contribution in [-0.4, -0.2) is 53.6 Å². The van der Waals surface area contributed by atoms with Crippen molar-refractivity contribution in [2.45, 2.75) is 25.9 Å². The van der Waals surface area contributed by atoms with Crippen LogP contribution in [0.5, 0.6) is 11.5 Å². The van der Waals surface area contributed by atoms with Gasteiger partial charge in [0.2, 0.25) is 5.91 Å². The molecule has 0 aromatic heterocycles. The largest absolute Gasteiger partial charge is 0.493 e. The molecule has 2 aromatic rings. The highest BCUT2D eigenvalue weighted by atomic mass is 79.9. The second kappa shape index (κ2) is 11.9. The summed E-state index contributed by atoms with van der Waals surface area (Å²) in [6, 6.07) is 8.71. The Morgan fingerprint density at radius 2 is 1.86 bits per heavy atom. The summed E-state index contributed by atoms with van der Waals surface area (Å²) in [7, 11) is 1.51. The van der Waals surface area contributed by atoms with E-state index >= 15 is 0 Å². The summed E-state index contributed by atoms with van der Waals surface area (Å²) in [6.45, 7) is 1.32. The van der Waals surface area contributed by atoms with Gasteiger partial charge in [0.1, 0.15) is 13.2 Å². The van der Waals surface area contributed by atoms with Gasteiger partial charge in [0.15, 0.2) is 11.5 Å². The summed E-state index contributed by atoms with van der Waals surface area (Å²) in [5, 5.41) is 0.443. The molecule has 2 aliphatic heterocycles. The van der Waals surface area contributed by atoms with Crippen molar-refractivity contribution in [2.24, 2.45) is 0 Å². The van der Waals surface area contributed by atoms with E-state index in [1.54, 1.807) is 35.2 Å². The van der Waals surface area contributed by atoms with Crippen molar-refractivity contribution in [2.75, 3.05) is 26.7 Å². The van der Waals surface area contributed by atoms with Crippen LogP contribution in [0.25, 0.3) is 6.08 Å². The fourth-order valence-corrected chi connectivity index (χ4v) is 5.65. The monoisotopic (exact) mass is 612 g/mol. The van der Waals surface area contributed by atoms with Gasteiger partial charge < -0.3 is 14.4 Å². The summed E-state index contributed by atoms with van der Waals surface area (Å²) >= 11 is 16.4. The molecule has 2 aliphatic rings. The van der Waals surface area contributed by atoms with E-state index in [0.717, 1.165) is 41.5 Å². The van der Waals surface area contributed by atoms with Crippen LogP contribution in [0, 0.1) is 0 Å². The van der Waals surface area contributed by atoms with Gasteiger partial charge in [-0.25, -0.2) is 0 Å². The number of carbonyl (C=O) groups excluding carboxylic acids is 3. The van der Waals surface area contributed by atoms with Crippen molar-refractivity contribution >= 4 is 74.0 Å². The number of methoxy groups -OCH3 is 1. The standard InChI is InChI=1S/C25H23BrCl2N2O5S/c1-34-20-11-16(9-17(26)23(20)35-14-15-5-6-18(27)19(28)10-15)12-21-24(32)30(25(33)36-21)13-22(31)29-7-3-2-4-8-29/h5-6,9-12H,2-4,7-8,13-14H2,1H3/b21-12-. The number of piperidine rings is 1. The number of benzene rings is 2. The molecule has 0 bridgehead atoms. The van der Waals surface area contributed by atoms with E-state index in [1.165, 1.54) is 7.11 Å². The second-order valence-corrected chi connectivity index (χ2v) is 10.9. The number of likely N-dealkylation sites (tertiary alicyclic amines) is 1. The number of amides is 3. The first-order valence-electron chi connectivity index (χ1n) is 11.2. The molecule has 11 heteroatoms. The second-order valence-electron chi connectivity index (χ2n) is 8.28. The van der Waals surface area contributed by atoms with Crippen molar-refractivity contribution in [1.29, 1.82) is 0 Å². The fraction of sp³-hybridized carbons (Fsp3) is 0.320. The number of imide groups is 1. The highest BCUT2D eigenvalue weighted by molar-refractivity contribution is 9.10. The zero-order valence-electron chi connectivity index (χ0n) is 19.4. The Kier molecular flexibility index (Phi) is 8.87. The summed E-state index contributed by atoms with van der Waals surface area (Å²) in [5.74, 6) is 0.229. The maximum Gasteiger partial charge on any atom is 0.294 e. The quantitative estimate of drug-likeness (QED) is 0.337. The molecule has 2 saturated heterocycles. The average molecular weight is 614 g/mol. The van der Waals surface area contributed by atoms with Gasteiger partial charge in [-0.05, 0) is 88.4 Å². The van der Waals surface area contributed by atoms with Gasteiger partial charge in [-0.15, -0.1) is 0 Å². The van der Waals surface area contributed by atoms with Crippen molar-refractivity contribution in [3.63, 3.8) is 0 Å². The molecule has 2 fully saturated rings. The molecule has 36 heavy (non-hydrogen) atoms. The Hall–Kier alpha value is -2.20. The van der Waals surface area contributed by atoms with E-state index in [9.17, 15) is 14.4 Å². The number of hydrogen-bond acceptors (Lipinski definition) is 6. The molecular formula is C25H23BrCl2N2O5S. The molecule has 7 nitrogen and oxygen atoms in total. The highest BCUT2D eigenvalue weighted by Gasteiger charge is 2.37. The third-order valence-electron chi connectivity index (χ3n) is 5.79. The summed E-state index contributed by atoms with van der Waals surface area (Å²) < 4.78 is 12.1. The van der Waals surface area contributed by atoms with Gasteiger partial charge in [-0.2, -0.15) is 0 Å². The topological polar surface area (TPSA) is 76.2 Å². The van der Waals surface area contributed by atoms with E-state index in [0.29, 0.717) is 44.7 Å². The van der Waals surface area contributed by atoms with Gasteiger partial charge in [0, 0.05) is 13.1 Å². The molecular weight excluding hydrogens is 591 g/mol. The Labute approximate surface area is 231 Å². The van der Waals surface area contributed by atoms with Crippen LogP contribution < -0.4 is 9.47 Å². The van der Waals surface area contributed by atoms with E-state index in [2.05, 4.69) is 15.9 Å². The van der Waals surface area contributed by atoms with Crippen LogP contribution in [0.1, 0.15) is 30.4 Å². The third-order valence-corrected chi connectivity index (χ3v) is 8.03. The molecule has 0 spiro atoms. The van der Waals surface area contributed by atoms with Gasteiger partial charge in [0.05, 0.1) is 26.5 Å². The highest BCUT2D eigenvalue weighted by Crippen LogP contribution is 2.39. The zero-order valence-corrected chi connectivity index (χ0v) is 23.3. The molecule has 0 N–H and O–H groups in total. The van der Waals surface area contributed by atoms with Crippen molar-refractivity contribution in [3.05, 3.63) is 60.9 Å². The van der Waals surface area contributed by atoms with E-state index < -0.39 is 11.1 Å². The Bertz CT molecular complexity index is 1230. The third kappa shape index (κ3) is 6.19. The average Bonchev–Trinajstić information content (AvgIpc) is 3.12. The van der Waals surface area contributed by atoms with Gasteiger partial charge >= 0.3 is 0 Å². The maximum absolute atomic E-state index is 12.9. The Balaban J connectivity index is 1.48. The van der Waals surface area contributed by atoms with Crippen LogP contribution in [0.2, 0.25) is 10.0 Å². The molecule has 2 aromatic carbocycles. The lowest BCUT2D eigenvalue weighted by atomic mass is 10.1. The Morgan fingerprint density at radius 3 is 2.56 bits per heavy atom. The van der Waals surface area contributed by atoms with Crippen LogP contribution in [-0.2, 0) is 16.2 Å². The van der Waals surface area contributed by atoms with E-state index in [4.69, 9.17) is 32.7 Å². The van der Waals surface area contributed by atoms with Gasteiger partial charge in [-0.1, -0.05) is 29.3 Å². The minimum absolute atomic E-state index is 0.203. The van der Waals surface area contributed by atoms with Crippen molar-refractivity contribution in [1.82, 2.24) is 9.80 Å². The number of rotatable bonds is 7. The lowest BCUT2D eigenvalue weighted by Gasteiger charge is -2.27. The molecule has 0 radical (unpaired) electrons. The van der Waals surface area contributed by atoms with E-state index in [1.807, 2.05) is 6.07 Å². The van der Waals surface area contributed by atoms with Crippen LogP contribution in [0.3, 0.4) is 0 Å². The number of nitrogens with zero attached hydrogens (tertiary/aromatic N) is 2. The molecule has 190 valence electrons. The van der Waals surface area contributed by atoms with Crippen molar-refractivity contribution in [3.8, 4) is 11.5 Å². The molecule has 0 unspecified atom stereocenters. The van der Waals surface area contributed by atoms with Gasteiger partial charge in [-0.3, -0.25) is 19.3 Å². The molecule has 0 saturated carbocycles. The lowest BCUT2D eigenvalue weighted by Crippen LogP contribution is -2.44. The predicted molar refractivity (Wildman–Crippen MR) is 145 cm³/mol. The zero-order chi connectivity index (χ0) is 25.8. The lowest BCUT2D eigenvalue weighted by molar-refractivity contribution is -0.136. The first-order chi connectivity index (χ1) is 17.3. The van der Waals surface area contributed by atoms with Crippen molar-refractivity contribution < 1.29 is 23.9 Å². The molecule has 2 heterocycles.